The van der Waals surface area contributed by atoms with Gasteiger partial charge in [0.1, 0.15) is 5.75 Å². The molecule has 0 aliphatic carbocycles. The van der Waals surface area contributed by atoms with E-state index < -0.39 is 0 Å². The van der Waals surface area contributed by atoms with Crippen LogP contribution in [0.15, 0.2) is 83.6 Å². The lowest BCUT2D eigenvalue weighted by molar-refractivity contribution is 0.477. The van der Waals surface area contributed by atoms with Crippen molar-refractivity contribution >= 4 is 28.1 Å². The van der Waals surface area contributed by atoms with Gasteiger partial charge in [0.2, 0.25) is 0 Å². The van der Waals surface area contributed by atoms with E-state index in [0.717, 1.165) is 43.7 Å². The van der Waals surface area contributed by atoms with Crippen molar-refractivity contribution < 1.29 is 5.11 Å². The third-order valence-corrected chi connectivity index (χ3v) is 5.08. The van der Waals surface area contributed by atoms with E-state index in [1.165, 1.54) is 0 Å². The molecule has 2 aromatic carbocycles. The molecule has 0 spiro atoms. The molecule has 2 aromatic heterocycles. The number of aromatic nitrogens is 2. The SMILES string of the molecule is Cc1cc(-c2ncc(Br)cc2/C=C/c2ccccc2)cnc1-c1ccccc1O. The molecule has 0 saturated heterocycles. The van der Waals surface area contributed by atoms with Crippen LogP contribution in [-0.2, 0) is 0 Å². The van der Waals surface area contributed by atoms with Crippen LogP contribution in [0.25, 0.3) is 34.7 Å². The molecule has 4 heteroatoms. The van der Waals surface area contributed by atoms with E-state index in [4.69, 9.17) is 0 Å². The highest BCUT2D eigenvalue weighted by molar-refractivity contribution is 9.10. The van der Waals surface area contributed by atoms with Crippen LogP contribution in [0.2, 0.25) is 0 Å². The Kier molecular flexibility index (Phi) is 5.54. The first-order chi connectivity index (χ1) is 14.1. The van der Waals surface area contributed by atoms with Crippen LogP contribution in [0.3, 0.4) is 0 Å². The van der Waals surface area contributed by atoms with Crippen molar-refractivity contribution in [2.75, 3.05) is 0 Å². The molecule has 0 amide bonds. The van der Waals surface area contributed by atoms with E-state index in [2.05, 4.69) is 56.2 Å². The molecule has 0 fully saturated rings. The van der Waals surface area contributed by atoms with Gasteiger partial charge in [-0.05, 0) is 58.2 Å². The summed E-state index contributed by atoms with van der Waals surface area (Å²) in [6.07, 6.45) is 7.74. The van der Waals surface area contributed by atoms with Gasteiger partial charge in [0, 0.05) is 33.6 Å². The van der Waals surface area contributed by atoms with Gasteiger partial charge in [0.15, 0.2) is 0 Å². The van der Waals surface area contributed by atoms with Gasteiger partial charge >= 0.3 is 0 Å². The largest absolute Gasteiger partial charge is 0.507 e. The Balaban J connectivity index is 1.75. The third-order valence-electron chi connectivity index (χ3n) is 4.65. The summed E-state index contributed by atoms with van der Waals surface area (Å²) in [7, 11) is 0. The number of aromatic hydroxyl groups is 1. The van der Waals surface area contributed by atoms with E-state index in [0.29, 0.717) is 0 Å². The third kappa shape index (κ3) is 4.28. The molecule has 4 aromatic rings. The Morgan fingerprint density at radius 2 is 1.55 bits per heavy atom. The minimum absolute atomic E-state index is 0.226. The summed E-state index contributed by atoms with van der Waals surface area (Å²) in [6, 6.07) is 21.5. The quantitative estimate of drug-likeness (QED) is 0.379. The van der Waals surface area contributed by atoms with Gasteiger partial charge in [-0.1, -0.05) is 54.6 Å². The number of para-hydroxylation sites is 1. The maximum atomic E-state index is 10.2. The van der Waals surface area contributed by atoms with Gasteiger partial charge in [-0.25, -0.2) is 0 Å². The molecule has 0 atom stereocenters. The molecule has 0 bridgehead atoms. The predicted octanol–water partition coefficient (Wildman–Crippen LogP) is 6.76. The van der Waals surface area contributed by atoms with Crippen molar-refractivity contribution in [3.63, 3.8) is 0 Å². The average molecular weight is 443 g/mol. The molecule has 0 radical (unpaired) electrons. The Hall–Kier alpha value is -3.24. The summed E-state index contributed by atoms with van der Waals surface area (Å²) >= 11 is 3.52. The van der Waals surface area contributed by atoms with Gasteiger partial charge in [0.05, 0.1) is 11.4 Å². The summed E-state index contributed by atoms with van der Waals surface area (Å²) in [6.45, 7) is 2.00. The van der Waals surface area contributed by atoms with Crippen LogP contribution in [-0.4, -0.2) is 15.1 Å². The molecule has 0 aliphatic rings. The van der Waals surface area contributed by atoms with Crippen LogP contribution < -0.4 is 0 Å². The summed E-state index contributed by atoms with van der Waals surface area (Å²) < 4.78 is 0.921. The van der Waals surface area contributed by atoms with Crippen molar-refractivity contribution in [1.82, 2.24) is 9.97 Å². The molecule has 29 heavy (non-hydrogen) atoms. The molecule has 3 nitrogen and oxygen atoms in total. The van der Waals surface area contributed by atoms with Crippen LogP contribution in [0.4, 0.5) is 0 Å². The van der Waals surface area contributed by atoms with Gasteiger partial charge in [0.25, 0.3) is 0 Å². The second-order valence-electron chi connectivity index (χ2n) is 6.74. The monoisotopic (exact) mass is 442 g/mol. The first-order valence-corrected chi connectivity index (χ1v) is 10.0. The highest BCUT2D eigenvalue weighted by atomic mass is 79.9. The van der Waals surface area contributed by atoms with Gasteiger partial charge < -0.3 is 5.11 Å². The zero-order chi connectivity index (χ0) is 20.2. The molecule has 2 heterocycles. The lowest BCUT2D eigenvalue weighted by Gasteiger charge is -2.11. The van der Waals surface area contributed by atoms with E-state index in [1.54, 1.807) is 18.3 Å². The maximum Gasteiger partial charge on any atom is 0.124 e. The summed E-state index contributed by atoms with van der Waals surface area (Å²) in [5, 5.41) is 10.2. The smallest absolute Gasteiger partial charge is 0.124 e. The van der Waals surface area contributed by atoms with E-state index >= 15 is 0 Å². The Labute approximate surface area is 178 Å². The van der Waals surface area contributed by atoms with E-state index in [9.17, 15) is 5.11 Å². The molecular formula is C25H19BrN2O. The molecule has 4 rings (SSSR count). The maximum absolute atomic E-state index is 10.2. The fourth-order valence-corrected chi connectivity index (χ4v) is 3.58. The topological polar surface area (TPSA) is 46.0 Å². The fourth-order valence-electron chi connectivity index (χ4n) is 3.23. The van der Waals surface area contributed by atoms with Crippen LogP contribution >= 0.6 is 15.9 Å². The number of benzene rings is 2. The first kappa shape index (κ1) is 19.1. The number of aryl methyl sites for hydroxylation is 1. The van der Waals surface area contributed by atoms with Crippen LogP contribution in [0.1, 0.15) is 16.7 Å². The summed E-state index contributed by atoms with van der Waals surface area (Å²) in [4.78, 5) is 9.27. The molecule has 0 saturated carbocycles. The van der Waals surface area contributed by atoms with Crippen molar-refractivity contribution in [2.45, 2.75) is 6.92 Å². The normalized spacial score (nSPS) is 11.1. The van der Waals surface area contributed by atoms with Crippen molar-refractivity contribution in [1.29, 1.82) is 0 Å². The number of nitrogens with zero attached hydrogens (tertiary/aromatic N) is 2. The number of halogens is 1. The van der Waals surface area contributed by atoms with Crippen molar-refractivity contribution in [3.8, 4) is 28.3 Å². The average Bonchev–Trinajstić information content (AvgIpc) is 2.74. The molecule has 0 aliphatic heterocycles. The molecule has 1 N–H and O–H groups in total. The number of pyridine rings is 2. The standard InChI is InChI=1S/C25H19BrN2O/c1-17-13-20(15-27-24(17)22-9-5-6-10-23(22)29)25-19(14-21(26)16-28-25)12-11-18-7-3-2-4-8-18/h2-16,29H,1H3/b12-11+. The Morgan fingerprint density at radius 1 is 0.828 bits per heavy atom. The number of phenols is 1. The zero-order valence-electron chi connectivity index (χ0n) is 15.9. The minimum Gasteiger partial charge on any atom is -0.507 e. The second kappa shape index (κ2) is 8.41. The molecule has 0 unspecified atom stereocenters. The number of rotatable bonds is 4. The number of hydrogen-bond donors (Lipinski definition) is 1. The minimum atomic E-state index is 0.226. The second-order valence-corrected chi connectivity index (χ2v) is 7.66. The summed E-state index contributed by atoms with van der Waals surface area (Å²) in [5.41, 5.74) is 6.39. The van der Waals surface area contributed by atoms with Crippen molar-refractivity contribution in [2.24, 2.45) is 0 Å². The van der Waals surface area contributed by atoms with Crippen LogP contribution in [0.5, 0.6) is 5.75 Å². The van der Waals surface area contributed by atoms with E-state index in [1.807, 2.05) is 49.5 Å². The highest BCUT2D eigenvalue weighted by Gasteiger charge is 2.12. The zero-order valence-corrected chi connectivity index (χ0v) is 17.5. The number of hydrogen-bond acceptors (Lipinski definition) is 3. The Bertz CT molecular complexity index is 1190. The lowest BCUT2D eigenvalue weighted by atomic mass is 10.0. The lowest BCUT2D eigenvalue weighted by Crippen LogP contribution is -1.94. The van der Waals surface area contributed by atoms with Gasteiger partial charge in [-0.2, -0.15) is 0 Å². The van der Waals surface area contributed by atoms with Gasteiger partial charge in [-0.15, -0.1) is 0 Å². The van der Waals surface area contributed by atoms with Crippen LogP contribution in [0, 0.1) is 6.92 Å². The molecule has 142 valence electrons. The van der Waals surface area contributed by atoms with Crippen molar-refractivity contribution in [3.05, 3.63) is 100 Å². The molecular weight excluding hydrogens is 424 g/mol. The summed E-state index contributed by atoms with van der Waals surface area (Å²) in [5.74, 6) is 0.226. The fraction of sp³-hybridized carbons (Fsp3) is 0.0400. The first-order valence-electron chi connectivity index (χ1n) is 9.26. The van der Waals surface area contributed by atoms with E-state index in [-0.39, 0.29) is 5.75 Å². The highest BCUT2D eigenvalue weighted by Crippen LogP contribution is 2.32. The predicted molar refractivity (Wildman–Crippen MR) is 122 cm³/mol. The number of phenolic OH excluding ortho intramolecular Hbond substituents is 1. The van der Waals surface area contributed by atoms with Gasteiger partial charge in [-0.3, -0.25) is 9.97 Å². The Morgan fingerprint density at radius 3 is 2.31 bits per heavy atom.